The molecule has 0 aromatic carbocycles. The zero-order chi connectivity index (χ0) is 7.12. The Balaban J connectivity index is 0.000000810. The number of hydrogen-bond acceptors (Lipinski definition) is 1. The Morgan fingerprint density at radius 3 is 1.30 bits per heavy atom. The van der Waals surface area contributed by atoms with Crippen LogP contribution in [0.4, 0.5) is 0 Å². The summed E-state index contributed by atoms with van der Waals surface area (Å²) in [4.78, 5) is 0. The van der Waals surface area contributed by atoms with Crippen LogP contribution in [0.1, 0.15) is 27.7 Å². The predicted octanol–water partition coefficient (Wildman–Crippen LogP) is 2.06. The molecule has 0 radical (unpaired) electrons. The Morgan fingerprint density at radius 1 is 0.900 bits per heavy atom. The maximum atomic E-state index is 3.40. The Hall–Kier alpha value is 0.250. The van der Waals surface area contributed by atoms with Crippen LogP contribution < -0.4 is 5.32 Å². The molecule has 0 amide bonds. The number of hydrogen-bond donors (Lipinski definition) is 1. The van der Waals surface area contributed by atoms with Gasteiger partial charge in [-0.25, -0.2) is 0 Å². The lowest BCUT2D eigenvalue weighted by Gasteiger charge is -2.33. The van der Waals surface area contributed by atoms with Gasteiger partial charge in [-0.2, -0.15) is 0 Å². The molecule has 0 aromatic heterocycles. The lowest BCUT2D eigenvalue weighted by Crippen LogP contribution is -2.30. The van der Waals surface area contributed by atoms with Crippen molar-refractivity contribution in [1.82, 2.24) is 5.32 Å². The number of halogens is 1. The monoisotopic (exact) mass is 163 g/mol. The van der Waals surface area contributed by atoms with Crippen molar-refractivity contribution in [3.8, 4) is 0 Å². The van der Waals surface area contributed by atoms with Crippen molar-refractivity contribution in [2.24, 2.45) is 10.8 Å². The van der Waals surface area contributed by atoms with Gasteiger partial charge in [0, 0.05) is 13.1 Å². The fourth-order valence-electron chi connectivity index (χ4n) is 1.17. The van der Waals surface area contributed by atoms with Gasteiger partial charge in [-0.05, 0) is 10.8 Å². The second-order valence-electron chi connectivity index (χ2n) is 4.37. The van der Waals surface area contributed by atoms with Crippen molar-refractivity contribution < 1.29 is 0 Å². The standard InChI is InChI=1S/C8H17N.ClH/c1-7(2)5-9-6-8(7,3)4;/h9H,5-6H2,1-4H3;1H. The molecule has 0 saturated carbocycles. The Bertz CT molecular complexity index is 104. The molecule has 0 atom stereocenters. The number of nitrogens with one attached hydrogen (secondary N) is 1. The van der Waals surface area contributed by atoms with Crippen LogP contribution in [0.25, 0.3) is 0 Å². The first-order valence-corrected chi connectivity index (χ1v) is 3.66. The summed E-state index contributed by atoms with van der Waals surface area (Å²) >= 11 is 0. The topological polar surface area (TPSA) is 12.0 Å². The van der Waals surface area contributed by atoms with Crippen molar-refractivity contribution in [2.45, 2.75) is 27.7 Å². The minimum Gasteiger partial charge on any atom is -0.316 e. The summed E-state index contributed by atoms with van der Waals surface area (Å²) in [5, 5.41) is 3.40. The second kappa shape index (κ2) is 2.71. The van der Waals surface area contributed by atoms with Crippen molar-refractivity contribution >= 4 is 12.4 Å². The van der Waals surface area contributed by atoms with Crippen molar-refractivity contribution in [2.75, 3.05) is 13.1 Å². The first kappa shape index (κ1) is 10.2. The molecule has 0 unspecified atom stereocenters. The molecule has 1 fully saturated rings. The summed E-state index contributed by atoms with van der Waals surface area (Å²) in [5.74, 6) is 0. The second-order valence-corrected chi connectivity index (χ2v) is 4.37. The smallest absolute Gasteiger partial charge is 0.000834 e. The van der Waals surface area contributed by atoms with Crippen LogP contribution in [0.5, 0.6) is 0 Å². The molecule has 1 saturated heterocycles. The van der Waals surface area contributed by atoms with Crippen LogP contribution in [0.2, 0.25) is 0 Å². The van der Waals surface area contributed by atoms with Gasteiger partial charge in [-0.1, -0.05) is 27.7 Å². The summed E-state index contributed by atoms with van der Waals surface area (Å²) in [6.07, 6.45) is 0. The first-order valence-electron chi connectivity index (χ1n) is 3.66. The van der Waals surface area contributed by atoms with Gasteiger partial charge in [0.2, 0.25) is 0 Å². The van der Waals surface area contributed by atoms with Gasteiger partial charge in [-0.15, -0.1) is 12.4 Å². The largest absolute Gasteiger partial charge is 0.316 e. The van der Waals surface area contributed by atoms with Gasteiger partial charge in [0.15, 0.2) is 0 Å². The highest BCUT2D eigenvalue weighted by Gasteiger charge is 2.40. The van der Waals surface area contributed by atoms with E-state index >= 15 is 0 Å². The van der Waals surface area contributed by atoms with E-state index in [9.17, 15) is 0 Å². The van der Waals surface area contributed by atoms with Crippen LogP contribution in [0.15, 0.2) is 0 Å². The quantitative estimate of drug-likeness (QED) is 0.577. The maximum absolute atomic E-state index is 3.40. The molecule has 0 aliphatic carbocycles. The SMILES string of the molecule is CC1(C)CNCC1(C)C.Cl. The Labute approximate surface area is 70.0 Å². The van der Waals surface area contributed by atoms with E-state index in [0.29, 0.717) is 10.8 Å². The summed E-state index contributed by atoms with van der Waals surface area (Å²) in [6.45, 7) is 11.6. The van der Waals surface area contributed by atoms with E-state index in [2.05, 4.69) is 33.0 Å². The fraction of sp³-hybridized carbons (Fsp3) is 1.00. The molecule has 1 aliphatic heterocycles. The predicted molar refractivity (Wildman–Crippen MR) is 47.7 cm³/mol. The third kappa shape index (κ3) is 1.46. The average Bonchev–Trinajstić information content (AvgIpc) is 1.81. The van der Waals surface area contributed by atoms with E-state index in [1.165, 1.54) is 13.1 Å². The third-order valence-corrected chi connectivity index (χ3v) is 2.97. The molecule has 0 bridgehead atoms. The molecule has 1 heterocycles. The minimum atomic E-state index is 0. The highest BCUT2D eigenvalue weighted by molar-refractivity contribution is 5.85. The van der Waals surface area contributed by atoms with Gasteiger partial charge in [0.1, 0.15) is 0 Å². The summed E-state index contributed by atoms with van der Waals surface area (Å²) < 4.78 is 0. The van der Waals surface area contributed by atoms with Crippen LogP contribution >= 0.6 is 12.4 Å². The van der Waals surface area contributed by atoms with Gasteiger partial charge in [0.05, 0.1) is 0 Å². The number of rotatable bonds is 0. The van der Waals surface area contributed by atoms with E-state index in [4.69, 9.17) is 0 Å². The average molecular weight is 164 g/mol. The summed E-state index contributed by atoms with van der Waals surface area (Å²) in [7, 11) is 0. The Morgan fingerprint density at radius 2 is 1.20 bits per heavy atom. The highest BCUT2D eigenvalue weighted by atomic mass is 35.5. The van der Waals surface area contributed by atoms with Crippen molar-refractivity contribution in [3.63, 3.8) is 0 Å². The third-order valence-electron chi connectivity index (χ3n) is 2.97. The van der Waals surface area contributed by atoms with Crippen LogP contribution in [0.3, 0.4) is 0 Å². The molecule has 1 nitrogen and oxygen atoms in total. The summed E-state index contributed by atoms with van der Waals surface area (Å²) in [5.41, 5.74) is 0.958. The van der Waals surface area contributed by atoms with Gasteiger partial charge in [-0.3, -0.25) is 0 Å². The molecule has 2 heteroatoms. The van der Waals surface area contributed by atoms with Crippen LogP contribution in [-0.4, -0.2) is 13.1 Å². The van der Waals surface area contributed by atoms with Gasteiger partial charge < -0.3 is 5.32 Å². The van der Waals surface area contributed by atoms with E-state index in [1.54, 1.807) is 0 Å². The lowest BCUT2D eigenvalue weighted by molar-refractivity contribution is 0.184. The zero-order valence-corrected chi connectivity index (χ0v) is 8.14. The van der Waals surface area contributed by atoms with E-state index in [-0.39, 0.29) is 12.4 Å². The maximum Gasteiger partial charge on any atom is 0.000834 e. The molecule has 10 heavy (non-hydrogen) atoms. The van der Waals surface area contributed by atoms with Crippen LogP contribution in [0, 0.1) is 10.8 Å². The van der Waals surface area contributed by atoms with Gasteiger partial charge in [0.25, 0.3) is 0 Å². The fourth-order valence-corrected chi connectivity index (χ4v) is 1.17. The van der Waals surface area contributed by atoms with Crippen LogP contribution in [-0.2, 0) is 0 Å². The van der Waals surface area contributed by atoms with E-state index < -0.39 is 0 Å². The molecule has 0 aromatic rings. The molecule has 1 aliphatic rings. The first-order chi connectivity index (χ1) is 3.96. The zero-order valence-electron chi connectivity index (χ0n) is 7.32. The van der Waals surface area contributed by atoms with Gasteiger partial charge >= 0.3 is 0 Å². The molecule has 1 rings (SSSR count). The molecule has 62 valence electrons. The molecule has 1 N–H and O–H groups in total. The van der Waals surface area contributed by atoms with E-state index in [1.807, 2.05) is 0 Å². The van der Waals surface area contributed by atoms with Crippen molar-refractivity contribution in [3.05, 3.63) is 0 Å². The molecular weight excluding hydrogens is 146 g/mol. The van der Waals surface area contributed by atoms with Crippen molar-refractivity contribution in [1.29, 1.82) is 0 Å². The molecule has 0 spiro atoms. The minimum absolute atomic E-state index is 0. The normalized spacial score (nSPS) is 27.6. The highest BCUT2D eigenvalue weighted by Crippen LogP contribution is 2.40. The lowest BCUT2D eigenvalue weighted by atomic mass is 9.71. The summed E-state index contributed by atoms with van der Waals surface area (Å²) in [6, 6.07) is 0. The van der Waals surface area contributed by atoms with E-state index in [0.717, 1.165) is 0 Å². The Kier molecular flexibility index (Phi) is 2.77. The molecular formula is C8H18ClN.